The molecule has 0 N–H and O–H groups in total. The van der Waals surface area contributed by atoms with Crippen molar-refractivity contribution in [3.63, 3.8) is 0 Å². The molecule has 4 nitrogen and oxygen atoms in total. The number of esters is 1. The molecule has 0 aliphatic heterocycles. The molecule has 2 aromatic carbocycles. The first-order chi connectivity index (χ1) is 11.3. The van der Waals surface area contributed by atoms with Crippen LogP contribution in [-0.4, -0.2) is 17.4 Å². The third-order valence-electron chi connectivity index (χ3n) is 3.07. The Balaban J connectivity index is 1.87. The van der Waals surface area contributed by atoms with E-state index >= 15 is 0 Å². The van der Waals surface area contributed by atoms with E-state index in [2.05, 4.69) is 0 Å². The maximum atomic E-state index is 12.0. The summed E-state index contributed by atoms with van der Waals surface area (Å²) in [4.78, 5) is 23.6. The number of hydrogen-bond acceptors (Lipinski definition) is 4. The number of ketones is 1. The van der Waals surface area contributed by atoms with Crippen LogP contribution in [0.25, 0.3) is 0 Å². The first-order valence-corrected chi connectivity index (χ1v) is 7.87. The first kappa shape index (κ1) is 17.7. The normalized spacial score (nSPS) is 11.0. The molecule has 0 bridgehead atoms. The summed E-state index contributed by atoms with van der Waals surface area (Å²) in [7, 11) is 0. The molecular weight excluding hydrogens is 304 g/mol. The number of benzene rings is 2. The number of carbonyl (C=O) groups excluding carboxylic acids is 2. The van der Waals surface area contributed by atoms with Gasteiger partial charge in [0, 0.05) is 6.42 Å². The highest BCUT2D eigenvalue weighted by atomic mass is 16.6. The number of ether oxygens (including phenoxy) is 2. The maximum absolute atomic E-state index is 12.0. The topological polar surface area (TPSA) is 52.6 Å². The third kappa shape index (κ3) is 6.24. The van der Waals surface area contributed by atoms with E-state index in [1.807, 2.05) is 54.6 Å². The zero-order valence-electron chi connectivity index (χ0n) is 14.2. The van der Waals surface area contributed by atoms with Gasteiger partial charge < -0.3 is 9.47 Å². The monoisotopic (exact) mass is 326 g/mol. The van der Waals surface area contributed by atoms with Crippen molar-refractivity contribution in [3.8, 4) is 11.5 Å². The molecule has 24 heavy (non-hydrogen) atoms. The molecular formula is C20H22O4. The SMILES string of the molecule is CC(C)(C)OC(=O)CC(=O)Cc1ccc(Oc2ccccc2)cc1. The highest BCUT2D eigenvalue weighted by Crippen LogP contribution is 2.21. The van der Waals surface area contributed by atoms with Crippen molar-refractivity contribution in [2.75, 3.05) is 0 Å². The quantitative estimate of drug-likeness (QED) is 0.586. The highest BCUT2D eigenvalue weighted by Gasteiger charge is 2.19. The van der Waals surface area contributed by atoms with E-state index in [1.54, 1.807) is 20.8 Å². The molecule has 0 amide bonds. The van der Waals surface area contributed by atoms with Crippen molar-refractivity contribution in [1.82, 2.24) is 0 Å². The molecule has 0 unspecified atom stereocenters. The van der Waals surface area contributed by atoms with E-state index in [-0.39, 0.29) is 18.6 Å². The number of rotatable bonds is 6. The van der Waals surface area contributed by atoms with Crippen LogP contribution < -0.4 is 4.74 Å². The standard InChI is InChI=1S/C20H22O4/c1-20(2,3)24-19(22)14-16(21)13-15-9-11-18(12-10-15)23-17-7-5-4-6-8-17/h4-12H,13-14H2,1-3H3. The summed E-state index contributed by atoms with van der Waals surface area (Å²) in [6.07, 6.45) is -0.00953. The average molecular weight is 326 g/mol. The van der Waals surface area contributed by atoms with Crippen LogP contribution >= 0.6 is 0 Å². The predicted molar refractivity (Wildman–Crippen MR) is 92.1 cm³/mol. The zero-order valence-corrected chi connectivity index (χ0v) is 14.2. The van der Waals surface area contributed by atoms with Crippen LogP contribution in [0.2, 0.25) is 0 Å². The van der Waals surface area contributed by atoms with Crippen molar-refractivity contribution < 1.29 is 19.1 Å². The molecule has 0 heterocycles. The van der Waals surface area contributed by atoms with Crippen LogP contribution in [0.3, 0.4) is 0 Å². The van der Waals surface area contributed by atoms with Gasteiger partial charge in [-0.15, -0.1) is 0 Å². The average Bonchev–Trinajstić information content (AvgIpc) is 2.48. The van der Waals surface area contributed by atoms with Gasteiger partial charge in [-0.05, 0) is 50.6 Å². The molecule has 0 radical (unpaired) electrons. The van der Waals surface area contributed by atoms with Gasteiger partial charge in [0.15, 0.2) is 0 Å². The number of Topliss-reactive ketones (excluding diaryl/α,β-unsaturated/α-hetero) is 1. The Morgan fingerprint density at radius 2 is 1.46 bits per heavy atom. The molecule has 0 atom stereocenters. The molecule has 0 saturated heterocycles. The van der Waals surface area contributed by atoms with Gasteiger partial charge >= 0.3 is 5.97 Å². The number of para-hydroxylation sites is 1. The summed E-state index contributed by atoms with van der Waals surface area (Å²) in [5.74, 6) is 0.799. The Labute approximate surface area is 142 Å². The van der Waals surface area contributed by atoms with Crippen LogP contribution in [0.4, 0.5) is 0 Å². The molecule has 0 spiro atoms. The summed E-state index contributed by atoms with van der Waals surface area (Å²) >= 11 is 0. The fourth-order valence-corrected chi connectivity index (χ4v) is 2.13. The van der Waals surface area contributed by atoms with E-state index in [0.29, 0.717) is 5.75 Å². The van der Waals surface area contributed by atoms with Crippen LogP contribution in [0.5, 0.6) is 11.5 Å². The molecule has 4 heteroatoms. The molecule has 2 aromatic rings. The molecule has 2 rings (SSSR count). The Morgan fingerprint density at radius 3 is 2.04 bits per heavy atom. The minimum atomic E-state index is -0.576. The maximum Gasteiger partial charge on any atom is 0.313 e. The van der Waals surface area contributed by atoms with Gasteiger partial charge in [-0.3, -0.25) is 9.59 Å². The largest absolute Gasteiger partial charge is 0.460 e. The second kappa shape index (κ2) is 7.77. The highest BCUT2D eigenvalue weighted by molar-refractivity contribution is 5.96. The molecule has 0 aromatic heterocycles. The van der Waals surface area contributed by atoms with Gasteiger partial charge in [0.25, 0.3) is 0 Å². The van der Waals surface area contributed by atoms with Gasteiger partial charge in [0.05, 0.1) is 0 Å². The minimum Gasteiger partial charge on any atom is -0.460 e. The second-order valence-electron chi connectivity index (χ2n) is 6.54. The van der Waals surface area contributed by atoms with Crippen molar-refractivity contribution in [2.45, 2.75) is 39.2 Å². The molecule has 0 aliphatic carbocycles. The van der Waals surface area contributed by atoms with Gasteiger partial charge in [0.2, 0.25) is 0 Å². The lowest BCUT2D eigenvalue weighted by Gasteiger charge is -2.19. The van der Waals surface area contributed by atoms with Gasteiger partial charge in [-0.25, -0.2) is 0 Å². The first-order valence-electron chi connectivity index (χ1n) is 7.87. The Bertz CT molecular complexity index is 682. The van der Waals surface area contributed by atoms with Crippen LogP contribution in [0.15, 0.2) is 54.6 Å². The molecule has 0 fully saturated rings. The van der Waals surface area contributed by atoms with Crippen molar-refractivity contribution >= 4 is 11.8 Å². The summed E-state index contributed by atoms with van der Waals surface area (Å²) in [6, 6.07) is 16.7. The summed E-state index contributed by atoms with van der Waals surface area (Å²) < 4.78 is 10.9. The summed E-state index contributed by atoms with van der Waals surface area (Å²) in [5.41, 5.74) is 0.261. The number of carbonyl (C=O) groups is 2. The van der Waals surface area contributed by atoms with Gasteiger partial charge in [-0.2, -0.15) is 0 Å². The molecule has 126 valence electrons. The number of hydrogen-bond donors (Lipinski definition) is 0. The Hall–Kier alpha value is -2.62. The lowest BCUT2D eigenvalue weighted by atomic mass is 10.1. The second-order valence-corrected chi connectivity index (χ2v) is 6.54. The van der Waals surface area contributed by atoms with E-state index < -0.39 is 11.6 Å². The van der Waals surface area contributed by atoms with Crippen LogP contribution in [-0.2, 0) is 20.7 Å². The Morgan fingerprint density at radius 1 is 0.875 bits per heavy atom. The van der Waals surface area contributed by atoms with E-state index in [4.69, 9.17) is 9.47 Å². The smallest absolute Gasteiger partial charge is 0.313 e. The molecule has 0 saturated carbocycles. The van der Waals surface area contributed by atoms with E-state index in [1.165, 1.54) is 0 Å². The van der Waals surface area contributed by atoms with Gasteiger partial charge in [0.1, 0.15) is 29.3 Å². The van der Waals surface area contributed by atoms with Crippen molar-refractivity contribution in [3.05, 3.63) is 60.2 Å². The van der Waals surface area contributed by atoms with Gasteiger partial charge in [-0.1, -0.05) is 30.3 Å². The fourth-order valence-electron chi connectivity index (χ4n) is 2.13. The van der Waals surface area contributed by atoms with E-state index in [9.17, 15) is 9.59 Å². The lowest BCUT2D eigenvalue weighted by Crippen LogP contribution is -2.25. The van der Waals surface area contributed by atoms with Crippen molar-refractivity contribution in [1.29, 1.82) is 0 Å². The minimum absolute atomic E-state index is 0.166. The summed E-state index contributed by atoms with van der Waals surface area (Å²) in [6.45, 7) is 5.34. The van der Waals surface area contributed by atoms with E-state index in [0.717, 1.165) is 11.3 Å². The third-order valence-corrected chi connectivity index (χ3v) is 3.07. The lowest BCUT2D eigenvalue weighted by molar-refractivity contribution is -0.156. The van der Waals surface area contributed by atoms with Crippen molar-refractivity contribution in [2.24, 2.45) is 0 Å². The summed E-state index contributed by atoms with van der Waals surface area (Å²) in [5, 5.41) is 0. The predicted octanol–water partition coefficient (Wildman–Crippen LogP) is 4.32. The fraction of sp³-hybridized carbons (Fsp3) is 0.300. The van der Waals surface area contributed by atoms with Crippen LogP contribution in [0, 0.1) is 0 Å². The zero-order chi connectivity index (χ0) is 17.6. The van der Waals surface area contributed by atoms with Crippen LogP contribution in [0.1, 0.15) is 32.8 Å². The molecule has 0 aliphatic rings. The Kier molecular flexibility index (Phi) is 5.74.